The summed E-state index contributed by atoms with van der Waals surface area (Å²) < 4.78 is 30.2. The molecule has 2 N–H and O–H groups in total. The number of sulfone groups is 1. The van der Waals surface area contributed by atoms with Gasteiger partial charge in [0.25, 0.3) is 0 Å². The van der Waals surface area contributed by atoms with Gasteiger partial charge in [-0.25, -0.2) is 8.42 Å². The zero-order valence-electron chi connectivity index (χ0n) is 11.0. The number of aromatic hydroxyl groups is 2. The maximum atomic E-state index is 12.6. The van der Waals surface area contributed by atoms with Crippen molar-refractivity contribution in [3.8, 4) is 17.2 Å². The van der Waals surface area contributed by atoms with Crippen LogP contribution in [0.5, 0.6) is 17.2 Å². The highest BCUT2D eigenvalue weighted by molar-refractivity contribution is 7.91. The van der Waals surface area contributed by atoms with Crippen LogP contribution in [0.2, 0.25) is 0 Å². The summed E-state index contributed by atoms with van der Waals surface area (Å²) >= 11 is 0. The molecule has 0 aliphatic heterocycles. The largest absolute Gasteiger partial charge is 0.504 e. The van der Waals surface area contributed by atoms with Gasteiger partial charge in [0.05, 0.1) is 12.0 Å². The van der Waals surface area contributed by atoms with Gasteiger partial charge in [-0.2, -0.15) is 0 Å². The van der Waals surface area contributed by atoms with Crippen molar-refractivity contribution < 1.29 is 23.4 Å². The lowest BCUT2D eigenvalue weighted by atomic mass is 10.2. The van der Waals surface area contributed by atoms with Crippen LogP contribution >= 0.6 is 0 Å². The first-order valence-electron chi connectivity index (χ1n) is 5.79. The maximum absolute atomic E-state index is 12.6. The number of phenolic OH excluding ortho intramolecular Hbond substituents is 2. The third-order valence-corrected chi connectivity index (χ3v) is 4.84. The molecule has 0 amide bonds. The van der Waals surface area contributed by atoms with Crippen LogP contribution in [0.4, 0.5) is 0 Å². The zero-order chi connectivity index (χ0) is 14.9. The summed E-state index contributed by atoms with van der Waals surface area (Å²) in [6.07, 6.45) is 0. The second-order valence-corrected chi connectivity index (χ2v) is 6.13. The van der Waals surface area contributed by atoms with Gasteiger partial charge in [-0.1, -0.05) is 18.2 Å². The number of ether oxygens (including phenoxy) is 1. The molecule has 0 spiro atoms. The van der Waals surface area contributed by atoms with Gasteiger partial charge >= 0.3 is 0 Å². The van der Waals surface area contributed by atoms with Gasteiger partial charge in [0.2, 0.25) is 15.6 Å². The molecule has 0 saturated carbocycles. The highest BCUT2D eigenvalue weighted by Crippen LogP contribution is 2.44. The van der Waals surface area contributed by atoms with Crippen LogP contribution in [0.3, 0.4) is 0 Å². The minimum absolute atomic E-state index is 0.0893. The van der Waals surface area contributed by atoms with Gasteiger partial charge in [0.1, 0.15) is 4.90 Å². The fourth-order valence-electron chi connectivity index (χ4n) is 1.98. The van der Waals surface area contributed by atoms with E-state index in [1.165, 1.54) is 32.2 Å². The van der Waals surface area contributed by atoms with Crippen LogP contribution in [0, 0.1) is 6.92 Å². The SMILES string of the molecule is COc1c(O)c(O)cc(C)c1S(=O)(=O)c1ccccc1. The van der Waals surface area contributed by atoms with Gasteiger partial charge in [-0.3, -0.25) is 0 Å². The van der Waals surface area contributed by atoms with Crippen LogP contribution in [-0.4, -0.2) is 25.7 Å². The molecular weight excluding hydrogens is 280 g/mol. The van der Waals surface area contributed by atoms with E-state index in [4.69, 9.17) is 4.74 Å². The molecule has 0 heterocycles. The quantitative estimate of drug-likeness (QED) is 0.848. The van der Waals surface area contributed by atoms with E-state index in [-0.39, 0.29) is 15.5 Å². The van der Waals surface area contributed by atoms with Crippen molar-refractivity contribution in [2.24, 2.45) is 0 Å². The van der Waals surface area contributed by atoms with E-state index in [0.717, 1.165) is 0 Å². The zero-order valence-corrected chi connectivity index (χ0v) is 11.8. The Morgan fingerprint density at radius 1 is 1.10 bits per heavy atom. The van der Waals surface area contributed by atoms with Crippen LogP contribution in [0.15, 0.2) is 46.2 Å². The fraction of sp³-hybridized carbons (Fsp3) is 0.143. The molecule has 0 atom stereocenters. The number of benzene rings is 2. The highest BCUT2D eigenvalue weighted by Gasteiger charge is 2.28. The van der Waals surface area contributed by atoms with Crippen LogP contribution in [0.1, 0.15) is 5.56 Å². The minimum Gasteiger partial charge on any atom is -0.504 e. The Hall–Kier alpha value is -2.21. The monoisotopic (exact) mass is 294 g/mol. The summed E-state index contributed by atoms with van der Waals surface area (Å²) in [5.74, 6) is -1.27. The number of hydrogen-bond acceptors (Lipinski definition) is 5. The molecule has 0 fully saturated rings. The average molecular weight is 294 g/mol. The molecule has 0 radical (unpaired) electrons. The molecule has 6 heteroatoms. The number of phenols is 2. The smallest absolute Gasteiger partial charge is 0.210 e. The third kappa shape index (κ3) is 2.18. The molecule has 2 aromatic rings. The summed E-state index contributed by atoms with van der Waals surface area (Å²) in [6.45, 7) is 1.53. The van der Waals surface area contributed by atoms with Crippen molar-refractivity contribution in [2.75, 3.05) is 7.11 Å². The average Bonchev–Trinajstić information content (AvgIpc) is 2.43. The third-order valence-electron chi connectivity index (χ3n) is 2.90. The Morgan fingerprint density at radius 3 is 2.25 bits per heavy atom. The second kappa shape index (κ2) is 5.05. The number of methoxy groups -OCH3 is 1. The minimum atomic E-state index is -3.85. The molecule has 0 aliphatic carbocycles. The number of aryl methyl sites for hydroxylation is 1. The topological polar surface area (TPSA) is 83.8 Å². The molecule has 0 saturated heterocycles. The van der Waals surface area contributed by atoms with E-state index in [0.29, 0.717) is 5.56 Å². The Balaban J connectivity index is 2.79. The lowest BCUT2D eigenvalue weighted by molar-refractivity contribution is 0.342. The standard InChI is InChI=1S/C14H14O5S/c1-9-8-11(15)12(16)13(19-2)14(9)20(17,18)10-6-4-3-5-7-10/h3-8,15-16H,1-2H3. The molecule has 20 heavy (non-hydrogen) atoms. The summed E-state index contributed by atoms with van der Waals surface area (Å²) in [4.78, 5) is -0.0620. The molecule has 106 valence electrons. The van der Waals surface area contributed by atoms with Crippen molar-refractivity contribution in [3.05, 3.63) is 42.0 Å². The van der Waals surface area contributed by atoms with Crippen molar-refractivity contribution in [3.63, 3.8) is 0 Å². The molecule has 0 aliphatic rings. The van der Waals surface area contributed by atoms with Gasteiger partial charge < -0.3 is 14.9 Å². The van der Waals surface area contributed by atoms with Gasteiger partial charge in [-0.15, -0.1) is 0 Å². The van der Waals surface area contributed by atoms with Crippen molar-refractivity contribution in [1.29, 1.82) is 0 Å². The Labute approximate surface area is 117 Å². The molecule has 2 aromatic carbocycles. The lowest BCUT2D eigenvalue weighted by Crippen LogP contribution is -2.06. The maximum Gasteiger partial charge on any atom is 0.210 e. The Bertz CT molecular complexity index is 736. The number of hydrogen-bond donors (Lipinski definition) is 2. The molecule has 0 unspecified atom stereocenters. The van der Waals surface area contributed by atoms with Crippen molar-refractivity contribution >= 4 is 9.84 Å². The van der Waals surface area contributed by atoms with Crippen LogP contribution in [0.25, 0.3) is 0 Å². The van der Waals surface area contributed by atoms with Crippen LogP contribution in [-0.2, 0) is 9.84 Å². The summed E-state index contributed by atoms with van der Waals surface area (Å²) in [7, 11) is -2.61. The predicted octanol–water partition coefficient (Wildman–Crippen LogP) is 2.25. The Morgan fingerprint density at radius 2 is 1.70 bits per heavy atom. The van der Waals surface area contributed by atoms with Crippen LogP contribution < -0.4 is 4.74 Å². The molecule has 5 nitrogen and oxygen atoms in total. The second-order valence-electron chi connectivity index (χ2n) is 4.24. The molecule has 0 aromatic heterocycles. The lowest BCUT2D eigenvalue weighted by Gasteiger charge is -2.14. The molecular formula is C14H14O5S. The first-order chi connectivity index (χ1) is 9.39. The van der Waals surface area contributed by atoms with Gasteiger partial charge in [0.15, 0.2) is 11.5 Å². The summed E-state index contributed by atoms with van der Waals surface area (Å²) in [6, 6.07) is 9.02. The van der Waals surface area contributed by atoms with E-state index < -0.39 is 21.3 Å². The molecule has 0 bridgehead atoms. The molecule has 2 rings (SSSR count). The predicted molar refractivity (Wildman–Crippen MR) is 73.0 cm³/mol. The van der Waals surface area contributed by atoms with E-state index in [1.807, 2.05) is 0 Å². The van der Waals surface area contributed by atoms with E-state index in [1.54, 1.807) is 18.2 Å². The normalized spacial score (nSPS) is 11.3. The van der Waals surface area contributed by atoms with Gasteiger partial charge in [0, 0.05) is 0 Å². The van der Waals surface area contributed by atoms with Crippen molar-refractivity contribution in [2.45, 2.75) is 16.7 Å². The number of rotatable bonds is 3. The Kier molecular flexibility index (Phi) is 3.59. The van der Waals surface area contributed by atoms with E-state index in [9.17, 15) is 18.6 Å². The first kappa shape index (κ1) is 14.2. The van der Waals surface area contributed by atoms with Gasteiger partial charge in [-0.05, 0) is 30.7 Å². The van der Waals surface area contributed by atoms with E-state index in [2.05, 4.69) is 0 Å². The first-order valence-corrected chi connectivity index (χ1v) is 7.27. The summed E-state index contributed by atoms with van der Waals surface area (Å²) in [5, 5.41) is 19.3. The van der Waals surface area contributed by atoms with E-state index >= 15 is 0 Å². The summed E-state index contributed by atoms with van der Waals surface area (Å²) in [5.41, 5.74) is 0.293. The van der Waals surface area contributed by atoms with Crippen molar-refractivity contribution in [1.82, 2.24) is 0 Å². The fourth-order valence-corrected chi connectivity index (χ4v) is 3.64. The highest BCUT2D eigenvalue weighted by atomic mass is 32.2.